The molecular formula is C23H19F2NO3. The summed E-state index contributed by atoms with van der Waals surface area (Å²) in [4.78, 5) is 12.3. The summed E-state index contributed by atoms with van der Waals surface area (Å²) in [5.74, 6) is -2.27. The van der Waals surface area contributed by atoms with Gasteiger partial charge in [0.05, 0.1) is 12.6 Å². The number of halogens is 2. The highest BCUT2D eigenvalue weighted by Crippen LogP contribution is 2.44. The minimum atomic E-state index is -1.11. The van der Waals surface area contributed by atoms with Crippen molar-refractivity contribution in [2.24, 2.45) is 0 Å². The van der Waals surface area contributed by atoms with Crippen LogP contribution in [0.15, 0.2) is 66.7 Å². The Kier molecular flexibility index (Phi) is 5.27. The molecule has 0 saturated heterocycles. The maximum Gasteiger partial charge on any atom is 0.407 e. The first-order chi connectivity index (χ1) is 14.1. The first kappa shape index (κ1) is 19.1. The number of alkyl carbamates (subject to hydrolysis) is 1. The highest BCUT2D eigenvalue weighted by Gasteiger charge is 2.29. The van der Waals surface area contributed by atoms with Crippen LogP contribution in [0.2, 0.25) is 0 Å². The van der Waals surface area contributed by atoms with Gasteiger partial charge in [-0.15, -0.1) is 0 Å². The smallest absolute Gasteiger partial charge is 0.407 e. The molecule has 0 saturated carbocycles. The third kappa shape index (κ3) is 3.59. The molecule has 0 fully saturated rings. The second-order valence-corrected chi connectivity index (χ2v) is 6.85. The Morgan fingerprint density at radius 3 is 2.21 bits per heavy atom. The largest absolute Gasteiger partial charge is 0.449 e. The van der Waals surface area contributed by atoms with Gasteiger partial charge in [-0.2, -0.15) is 0 Å². The highest BCUT2D eigenvalue weighted by molar-refractivity contribution is 5.79. The number of carbonyl (C=O) groups is 1. The Labute approximate surface area is 166 Å². The fraction of sp³-hybridized carbons (Fsp3) is 0.174. The predicted molar refractivity (Wildman–Crippen MR) is 104 cm³/mol. The standard InChI is InChI=1S/C23H19F2NO3/c24-20-11-5-10-18(22(20)25)21(12-27)26-23(28)29-13-19-16-8-3-1-6-14(16)15-7-2-4-9-17(15)19/h1-11,19,21,27H,12-13H2,(H,26,28). The Morgan fingerprint density at radius 1 is 0.966 bits per heavy atom. The molecule has 1 atom stereocenters. The number of carbonyl (C=O) groups excluding carboxylic acids is 1. The van der Waals surface area contributed by atoms with Crippen molar-refractivity contribution in [2.45, 2.75) is 12.0 Å². The molecule has 6 heteroatoms. The van der Waals surface area contributed by atoms with Crippen molar-refractivity contribution >= 4 is 6.09 Å². The van der Waals surface area contributed by atoms with E-state index in [1.807, 2.05) is 48.5 Å². The lowest BCUT2D eigenvalue weighted by Crippen LogP contribution is -2.33. The van der Waals surface area contributed by atoms with E-state index in [0.717, 1.165) is 28.3 Å². The fourth-order valence-corrected chi connectivity index (χ4v) is 3.79. The van der Waals surface area contributed by atoms with Crippen molar-refractivity contribution in [3.63, 3.8) is 0 Å². The van der Waals surface area contributed by atoms with E-state index in [-0.39, 0.29) is 18.1 Å². The van der Waals surface area contributed by atoms with Crippen LogP contribution in [0.3, 0.4) is 0 Å². The van der Waals surface area contributed by atoms with Crippen molar-refractivity contribution in [1.29, 1.82) is 0 Å². The average Bonchev–Trinajstić information content (AvgIpc) is 3.06. The summed E-state index contributed by atoms with van der Waals surface area (Å²) in [5, 5.41) is 11.9. The molecule has 0 spiro atoms. The molecule has 0 radical (unpaired) electrons. The van der Waals surface area contributed by atoms with Gasteiger partial charge >= 0.3 is 6.09 Å². The number of rotatable bonds is 5. The molecule has 148 valence electrons. The Bertz CT molecular complexity index is 1010. The van der Waals surface area contributed by atoms with E-state index in [1.165, 1.54) is 12.1 Å². The molecule has 3 aromatic carbocycles. The van der Waals surface area contributed by atoms with E-state index in [2.05, 4.69) is 5.32 Å². The lowest BCUT2D eigenvalue weighted by Gasteiger charge is -2.19. The van der Waals surface area contributed by atoms with Crippen LogP contribution < -0.4 is 5.32 Å². The van der Waals surface area contributed by atoms with Crippen molar-refractivity contribution in [3.8, 4) is 11.1 Å². The SMILES string of the molecule is O=C(NC(CO)c1cccc(F)c1F)OCC1c2ccccc2-c2ccccc21. The van der Waals surface area contributed by atoms with E-state index in [1.54, 1.807) is 0 Å². The van der Waals surface area contributed by atoms with E-state index in [9.17, 15) is 18.7 Å². The molecule has 1 aliphatic rings. The number of aliphatic hydroxyl groups is 1. The summed E-state index contributed by atoms with van der Waals surface area (Å²) in [6, 6.07) is 18.3. The number of nitrogens with one attached hydrogen (secondary N) is 1. The van der Waals surface area contributed by atoms with Gasteiger partial charge in [-0.25, -0.2) is 13.6 Å². The van der Waals surface area contributed by atoms with Crippen LogP contribution in [0.4, 0.5) is 13.6 Å². The topological polar surface area (TPSA) is 58.6 Å². The van der Waals surface area contributed by atoms with Gasteiger partial charge in [0.1, 0.15) is 6.61 Å². The van der Waals surface area contributed by atoms with Gasteiger partial charge in [0, 0.05) is 11.5 Å². The summed E-state index contributed by atoms with van der Waals surface area (Å²) in [7, 11) is 0. The van der Waals surface area contributed by atoms with Crippen LogP contribution in [0.5, 0.6) is 0 Å². The number of ether oxygens (including phenoxy) is 1. The van der Waals surface area contributed by atoms with Crippen LogP contribution in [0, 0.1) is 11.6 Å². The molecule has 1 amide bonds. The first-order valence-corrected chi connectivity index (χ1v) is 9.26. The molecule has 0 aromatic heterocycles. The first-order valence-electron chi connectivity index (χ1n) is 9.26. The molecule has 0 heterocycles. The number of amides is 1. The Balaban J connectivity index is 1.48. The summed E-state index contributed by atoms with van der Waals surface area (Å²) in [6.07, 6.45) is -0.811. The maximum atomic E-state index is 14.0. The van der Waals surface area contributed by atoms with Crippen molar-refractivity contribution < 1.29 is 23.4 Å². The second kappa shape index (κ2) is 8.01. The van der Waals surface area contributed by atoms with Gasteiger partial charge in [-0.1, -0.05) is 60.7 Å². The van der Waals surface area contributed by atoms with Crippen LogP contribution in [0.1, 0.15) is 28.7 Å². The van der Waals surface area contributed by atoms with Crippen molar-refractivity contribution in [3.05, 3.63) is 95.1 Å². The third-order valence-electron chi connectivity index (χ3n) is 5.18. The monoisotopic (exact) mass is 395 g/mol. The minimum Gasteiger partial charge on any atom is -0.449 e. The number of hydrogen-bond donors (Lipinski definition) is 2. The zero-order chi connectivity index (χ0) is 20.4. The Morgan fingerprint density at radius 2 is 1.59 bits per heavy atom. The molecule has 4 rings (SSSR count). The van der Waals surface area contributed by atoms with E-state index in [0.29, 0.717) is 0 Å². The van der Waals surface area contributed by atoms with Crippen LogP contribution >= 0.6 is 0 Å². The normalized spacial score (nSPS) is 13.5. The minimum absolute atomic E-state index is 0.0869. The molecule has 0 bridgehead atoms. The van der Waals surface area contributed by atoms with Crippen molar-refractivity contribution in [1.82, 2.24) is 5.32 Å². The number of hydrogen-bond acceptors (Lipinski definition) is 3. The number of fused-ring (bicyclic) bond motifs is 3. The van der Waals surface area contributed by atoms with Gasteiger partial charge in [0.15, 0.2) is 11.6 Å². The number of benzene rings is 3. The lowest BCUT2D eigenvalue weighted by atomic mass is 9.98. The van der Waals surface area contributed by atoms with Gasteiger partial charge in [-0.05, 0) is 28.3 Å². The van der Waals surface area contributed by atoms with Crippen LogP contribution in [0.25, 0.3) is 11.1 Å². The van der Waals surface area contributed by atoms with Gasteiger partial charge in [0.25, 0.3) is 0 Å². The average molecular weight is 395 g/mol. The second-order valence-electron chi connectivity index (χ2n) is 6.85. The fourth-order valence-electron chi connectivity index (χ4n) is 3.79. The summed E-state index contributed by atoms with van der Waals surface area (Å²) in [5.41, 5.74) is 4.20. The third-order valence-corrected chi connectivity index (χ3v) is 5.18. The maximum absolute atomic E-state index is 14.0. The molecule has 2 N–H and O–H groups in total. The zero-order valence-corrected chi connectivity index (χ0v) is 15.4. The van der Waals surface area contributed by atoms with Gasteiger partial charge in [-0.3, -0.25) is 0 Å². The molecule has 29 heavy (non-hydrogen) atoms. The molecule has 0 aliphatic heterocycles. The number of aliphatic hydroxyl groups excluding tert-OH is 1. The Hall–Kier alpha value is -3.25. The van der Waals surface area contributed by atoms with Crippen LogP contribution in [-0.4, -0.2) is 24.4 Å². The quantitative estimate of drug-likeness (QED) is 0.667. The van der Waals surface area contributed by atoms with Crippen molar-refractivity contribution in [2.75, 3.05) is 13.2 Å². The predicted octanol–water partition coefficient (Wildman–Crippen LogP) is 4.54. The van der Waals surface area contributed by atoms with Gasteiger partial charge in [0.2, 0.25) is 0 Å². The molecular weight excluding hydrogens is 376 g/mol. The molecule has 1 aliphatic carbocycles. The zero-order valence-electron chi connectivity index (χ0n) is 15.4. The van der Waals surface area contributed by atoms with Crippen LogP contribution in [-0.2, 0) is 4.74 Å². The molecule has 4 nitrogen and oxygen atoms in total. The van der Waals surface area contributed by atoms with Gasteiger partial charge < -0.3 is 15.2 Å². The summed E-state index contributed by atoms with van der Waals surface area (Å²) >= 11 is 0. The lowest BCUT2D eigenvalue weighted by molar-refractivity contribution is 0.132. The highest BCUT2D eigenvalue weighted by atomic mass is 19.2. The van der Waals surface area contributed by atoms with E-state index < -0.39 is 30.4 Å². The van der Waals surface area contributed by atoms with E-state index >= 15 is 0 Å². The summed E-state index contributed by atoms with van der Waals surface area (Å²) in [6.45, 7) is -0.506. The molecule has 1 unspecified atom stereocenters. The van der Waals surface area contributed by atoms with E-state index in [4.69, 9.17) is 4.74 Å². The molecule has 3 aromatic rings. The summed E-state index contributed by atoms with van der Waals surface area (Å²) < 4.78 is 32.8.